The fourth-order valence-corrected chi connectivity index (χ4v) is 3.36. The fourth-order valence-electron chi connectivity index (χ4n) is 3.18. The molecule has 0 radical (unpaired) electrons. The van der Waals surface area contributed by atoms with E-state index in [1.807, 2.05) is 0 Å². The van der Waals surface area contributed by atoms with Gasteiger partial charge in [-0.1, -0.05) is 17.7 Å². The first-order chi connectivity index (χ1) is 10.8. The summed E-state index contributed by atoms with van der Waals surface area (Å²) < 4.78 is 44.2. The Kier molecular flexibility index (Phi) is 2.76. The summed E-state index contributed by atoms with van der Waals surface area (Å²) in [6.45, 7) is 0.0346. The lowest BCUT2D eigenvalue weighted by Gasteiger charge is -2.20. The number of hydrogen-bond acceptors (Lipinski definition) is 2. The van der Waals surface area contributed by atoms with Gasteiger partial charge in [0, 0.05) is 16.3 Å². The third kappa shape index (κ3) is 1.88. The van der Waals surface area contributed by atoms with E-state index >= 15 is 0 Å². The van der Waals surface area contributed by atoms with Crippen LogP contribution in [0.4, 0.5) is 18.9 Å². The molecule has 23 heavy (non-hydrogen) atoms. The van der Waals surface area contributed by atoms with Gasteiger partial charge in [-0.15, -0.1) is 0 Å². The van der Waals surface area contributed by atoms with Crippen LogP contribution in [0.2, 0.25) is 5.02 Å². The van der Waals surface area contributed by atoms with Crippen molar-refractivity contribution in [1.82, 2.24) is 0 Å². The number of nitrogens with one attached hydrogen (secondary N) is 1. The molecular weight excluding hydrogens is 331 g/mol. The summed E-state index contributed by atoms with van der Waals surface area (Å²) >= 11 is 6.01. The SMILES string of the molecule is O=C1Nc2cc(C(F)(F)F)ccc2[C@@]12COc1ccc(Cl)cc12. The van der Waals surface area contributed by atoms with Crippen LogP contribution in [-0.2, 0) is 16.4 Å². The van der Waals surface area contributed by atoms with E-state index in [4.69, 9.17) is 16.3 Å². The predicted octanol–water partition coefficient (Wildman–Crippen LogP) is 3.99. The zero-order valence-corrected chi connectivity index (χ0v) is 12.3. The molecule has 118 valence electrons. The van der Waals surface area contributed by atoms with Gasteiger partial charge < -0.3 is 10.1 Å². The van der Waals surface area contributed by atoms with Crippen molar-refractivity contribution in [2.45, 2.75) is 11.6 Å². The summed E-state index contributed by atoms with van der Waals surface area (Å²) in [5.41, 5.74) is -0.766. The number of amides is 1. The van der Waals surface area contributed by atoms with E-state index in [9.17, 15) is 18.0 Å². The van der Waals surface area contributed by atoms with Gasteiger partial charge in [0.15, 0.2) is 0 Å². The molecule has 2 aliphatic rings. The molecule has 1 N–H and O–H groups in total. The summed E-state index contributed by atoms with van der Waals surface area (Å²) in [7, 11) is 0. The molecule has 0 saturated carbocycles. The van der Waals surface area contributed by atoms with Crippen molar-refractivity contribution >= 4 is 23.2 Å². The van der Waals surface area contributed by atoms with Crippen molar-refractivity contribution < 1.29 is 22.7 Å². The number of carbonyl (C=O) groups excluding carboxylic acids is 1. The fraction of sp³-hybridized carbons (Fsp3) is 0.188. The second kappa shape index (κ2) is 4.41. The predicted molar refractivity (Wildman–Crippen MR) is 77.8 cm³/mol. The van der Waals surface area contributed by atoms with Crippen LogP contribution in [-0.4, -0.2) is 12.5 Å². The van der Waals surface area contributed by atoms with Crippen LogP contribution in [0, 0.1) is 0 Å². The van der Waals surface area contributed by atoms with Crippen LogP contribution in [0.5, 0.6) is 5.75 Å². The Labute approximate surface area is 134 Å². The Bertz CT molecular complexity index is 850. The second-order valence-corrected chi connectivity index (χ2v) is 5.98. The van der Waals surface area contributed by atoms with Crippen molar-refractivity contribution in [2.75, 3.05) is 11.9 Å². The van der Waals surface area contributed by atoms with Crippen LogP contribution in [0.1, 0.15) is 16.7 Å². The maximum atomic E-state index is 12.9. The normalized spacial score (nSPS) is 21.8. The summed E-state index contributed by atoms with van der Waals surface area (Å²) in [6.07, 6.45) is -4.47. The van der Waals surface area contributed by atoms with Crippen LogP contribution in [0.15, 0.2) is 36.4 Å². The number of halogens is 4. The number of ether oxygens (including phenoxy) is 1. The first-order valence-electron chi connectivity index (χ1n) is 6.78. The molecule has 2 aromatic rings. The molecule has 0 saturated heterocycles. The number of alkyl halides is 3. The van der Waals surface area contributed by atoms with E-state index in [2.05, 4.69) is 5.32 Å². The molecular formula is C16H9ClF3NO2. The average molecular weight is 340 g/mol. The van der Waals surface area contributed by atoms with Crippen molar-refractivity contribution in [3.8, 4) is 5.75 Å². The van der Waals surface area contributed by atoms with Crippen molar-refractivity contribution in [3.63, 3.8) is 0 Å². The van der Waals surface area contributed by atoms with E-state index in [1.54, 1.807) is 18.2 Å². The molecule has 2 heterocycles. The van der Waals surface area contributed by atoms with Gasteiger partial charge in [0.1, 0.15) is 17.8 Å². The average Bonchev–Trinajstić information content (AvgIpc) is 2.98. The first kappa shape index (κ1) is 14.4. The highest BCUT2D eigenvalue weighted by Gasteiger charge is 2.54. The third-order valence-corrected chi connectivity index (χ3v) is 4.52. The number of hydrogen-bond donors (Lipinski definition) is 1. The standard InChI is InChI=1S/C16H9ClF3NO2/c17-9-2-4-13-11(6-9)15(7-23-13)10-3-1-8(16(18,19)20)5-12(10)21-14(15)22/h1-6H,7H2,(H,21,22)/t15-/m1/s1. The summed E-state index contributed by atoms with van der Waals surface area (Å²) in [5.74, 6) is 0.102. The van der Waals surface area contributed by atoms with Gasteiger partial charge in [0.05, 0.1) is 5.56 Å². The Morgan fingerprint density at radius 2 is 1.91 bits per heavy atom. The van der Waals surface area contributed by atoms with E-state index in [0.29, 0.717) is 21.9 Å². The lowest BCUT2D eigenvalue weighted by atomic mass is 9.77. The minimum Gasteiger partial charge on any atom is -0.491 e. The topological polar surface area (TPSA) is 38.3 Å². The van der Waals surface area contributed by atoms with Gasteiger partial charge >= 0.3 is 6.18 Å². The minimum absolute atomic E-state index is 0.0346. The Morgan fingerprint density at radius 1 is 1.13 bits per heavy atom. The number of anilines is 1. The van der Waals surface area contributed by atoms with Crippen LogP contribution in [0.3, 0.4) is 0 Å². The van der Waals surface area contributed by atoms with E-state index in [1.165, 1.54) is 6.07 Å². The molecule has 3 nitrogen and oxygen atoms in total. The molecule has 1 atom stereocenters. The maximum Gasteiger partial charge on any atom is 0.416 e. The molecule has 0 fully saturated rings. The second-order valence-electron chi connectivity index (χ2n) is 5.55. The number of fused-ring (bicyclic) bond motifs is 4. The van der Waals surface area contributed by atoms with Crippen LogP contribution >= 0.6 is 11.6 Å². The monoisotopic (exact) mass is 339 g/mol. The first-order valence-corrected chi connectivity index (χ1v) is 7.16. The van der Waals surface area contributed by atoms with Crippen LogP contribution < -0.4 is 10.1 Å². The van der Waals surface area contributed by atoms with Gasteiger partial charge in [-0.05, 0) is 35.9 Å². The Balaban J connectivity index is 1.92. The highest BCUT2D eigenvalue weighted by Crippen LogP contribution is 2.51. The molecule has 0 aromatic heterocycles. The van der Waals surface area contributed by atoms with Crippen LogP contribution in [0.25, 0.3) is 0 Å². The smallest absolute Gasteiger partial charge is 0.416 e. The highest BCUT2D eigenvalue weighted by atomic mass is 35.5. The lowest BCUT2D eigenvalue weighted by Crippen LogP contribution is -2.37. The van der Waals surface area contributed by atoms with Crippen molar-refractivity contribution in [1.29, 1.82) is 0 Å². The Hall–Kier alpha value is -2.21. The van der Waals surface area contributed by atoms with Crippen molar-refractivity contribution in [3.05, 3.63) is 58.1 Å². The highest BCUT2D eigenvalue weighted by molar-refractivity contribution is 6.30. The molecule has 7 heteroatoms. The maximum absolute atomic E-state index is 12.9. The zero-order valence-electron chi connectivity index (χ0n) is 11.5. The number of benzene rings is 2. The summed E-state index contributed by atoms with van der Waals surface area (Å²) in [6, 6.07) is 8.17. The van der Waals surface area contributed by atoms with Gasteiger partial charge in [-0.25, -0.2) is 0 Å². The van der Waals surface area contributed by atoms with E-state index < -0.39 is 23.1 Å². The minimum atomic E-state index is -4.47. The molecule has 1 spiro atoms. The van der Waals surface area contributed by atoms with Gasteiger partial charge in [-0.3, -0.25) is 4.79 Å². The van der Waals surface area contributed by atoms with Gasteiger partial charge in [0.2, 0.25) is 5.91 Å². The largest absolute Gasteiger partial charge is 0.491 e. The molecule has 4 rings (SSSR count). The molecule has 0 aliphatic carbocycles. The molecule has 0 unspecified atom stereocenters. The van der Waals surface area contributed by atoms with Gasteiger partial charge in [0.25, 0.3) is 0 Å². The van der Waals surface area contributed by atoms with Gasteiger partial charge in [-0.2, -0.15) is 13.2 Å². The molecule has 2 aromatic carbocycles. The third-order valence-electron chi connectivity index (χ3n) is 4.29. The molecule has 1 amide bonds. The number of carbonyl (C=O) groups is 1. The summed E-state index contributed by atoms with van der Waals surface area (Å²) in [4.78, 5) is 12.6. The zero-order chi connectivity index (χ0) is 16.4. The molecule has 0 bridgehead atoms. The number of rotatable bonds is 0. The van der Waals surface area contributed by atoms with E-state index in [0.717, 1.165) is 12.1 Å². The molecule has 2 aliphatic heterocycles. The van der Waals surface area contributed by atoms with E-state index in [-0.39, 0.29) is 12.3 Å². The lowest BCUT2D eigenvalue weighted by molar-refractivity contribution is -0.137. The Morgan fingerprint density at radius 3 is 2.65 bits per heavy atom. The van der Waals surface area contributed by atoms with Crippen molar-refractivity contribution in [2.24, 2.45) is 0 Å². The quantitative estimate of drug-likeness (QED) is 0.788. The summed E-state index contributed by atoms with van der Waals surface area (Å²) in [5, 5.41) is 2.97.